The molecule has 0 aliphatic rings. The minimum atomic E-state index is -0.223. The second-order valence-corrected chi connectivity index (χ2v) is 5.10. The predicted molar refractivity (Wildman–Crippen MR) is 85.8 cm³/mol. The summed E-state index contributed by atoms with van der Waals surface area (Å²) in [6.45, 7) is 0.329. The van der Waals surface area contributed by atoms with Crippen LogP contribution >= 0.6 is 0 Å². The number of methoxy groups -OCH3 is 1. The maximum absolute atomic E-state index is 12.0. The Labute approximate surface area is 133 Å². The van der Waals surface area contributed by atoms with E-state index >= 15 is 0 Å². The molecule has 0 spiro atoms. The van der Waals surface area contributed by atoms with Crippen LogP contribution in [0, 0.1) is 0 Å². The van der Waals surface area contributed by atoms with Gasteiger partial charge in [-0.1, -0.05) is 30.3 Å². The lowest BCUT2D eigenvalue weighted by molar-refractivity contribution is -0.133. The van der Waals surface area contributed by atoms with Crippen molar-refractivity contribution in [2.24, 2.45) is 0 Å². The van der Waals surface area contributed by atoms with Gasteiger partial charge in [0.2, 0.25) is 5.91 Å². The number of furan rings is 1. The highest BCUT2D eigenvalue weighted by Crippen LogP contribution is 2.25. The van der Waals surface area contributed by atoms with Gasteiger partial charge < -0.3 is 9.15 Å². The highest BCUT2D eigenvalue weighted by atomic mass is 16.6. The molecule has 0 fully saturated rings. The molecule has 5 heteroatoms. The smallest absolute Gasteiger partial charge is 0.248 e. The fourth-order valence-corrected chi connectivity index (χ4v) is 2.31. The normalized spacial score (nSPS) is 10.7. The summed E-state index contributed by atoms with van der Waals surface area (Å²) in [5, 5.41) is 0.893. The Morgan fingerprint density at radius 1 is 1.17 bits per heavy atom. The van der Waals surface area contributed by atoms with Crippen LogP contribution in [0.5, 0.6) is 5.75 Å². The summed E-state index contributed by atoms with van der Waals surface area (Å²) in [6, 6.07) is 15.2. The lowest BCUT2D eigenvalue weighted by Crippen LogP contribution is -2.25. The van der Waals surface area contributed by atoms with Crippen LogP contribution < -0.4 is 10.2 Å². The van der Waals surface area contributed by atoms with E-state index in [1.807, 2.05) is 42.5 Å². The summed E-state index contributed by atoms with van der Waals surface area (Å²) in [7, 11) is 1.60. The summed E-state index contributed by atoms with van der Waals surface area (Å²) in [6.07, 6.45) is 1.77. The number of amides is 1. The van der Waals surface area contributed by atoms with Gasteiger partial charge in [-0.05, 0) is 17.7 Å². The van der Waals surface area contributed by atoms with Gasteiger partial charge in [0.05, 0.1) is 26.4 Å². The number of nitrogens with one attached hydrogen (secondary N) is 1. The lowest BCUT2D eigenvalue weighted by Gasteiger charge is -2.05. The van der Waals surface area contributed by atoms with Gasteiger partial charge >= 0.3 is 0 Å². The molecule has 0 radical (unpaired) electrons. The average Bonchev–Trinajstić information content (AvgIpc) is 2.98. The molecule has 1 aromatic heterocycles. The number of carbonyl (C=O) groups is 1. The SMILES string of the molecule is COc1ccc2c(CC(=O)NOCc3ccccc3)coc2c1. The van der Waals surface area contributed by atoms with Gasteiger partial charge in [-0.25, -0.2) is 5.48 Å². The molecule has 1 amide bonds. The third-order valence-corrected chi connectivity index (χ3v) is 3.48. The number of rotatable bonds is 6. The fourth-order valence-electron chi connectivity index (χ4n) is 2.31. The van der Waals surface area contributed by atoms with E-state index < -0.39 is 0 Å². The Hall–Kier alpha value is -2.79. The molecule has 0 aliphatic heterocycles. The number of hydroxylamine groups is 1. The van der Waals surface area contributed by atoms with E-state index in [0.717, 1.165) is 16.5 Å². The molecule has 3 rings (SSSR count). The summed E-state index contributed by atoms with van der Waals surface area (Å²) < 4.78 is 10.6. The summed E-state index contributed by atoms with van der Waals surface area (Å²) >= 11 is 0. The van der Waals surface area contributed by atoms with E-state index in [0.29, 0.717) is 17.9 Å². The molecule has 1 N–H and O–H groups in total. The van der Waals surface area contributed by atoms with Crippen molar-refractivity contribution in [3.63, 3.8) is 0 Å². The van der Waals surface area contributed by atoms with Gasteiger partial charge in [0.1, 0.15) is 11.3 Å². The molecule has 118 valence electrons. The van der Waals surface area contributed by atoms with Crippen LogP contribution in [0.2, 0.25) is 0 Å². The largest absolute Gasteiger partial charge is 0.497 e. The first-order valence-electron chi connectivity index (χ1n) is 7.25. The van der Waals surface area contributed by atoms with E-state index in [2.05, 4.69) is 5.48 Å². The van der Waals surface area contributed by atoms with Gasteiger partial charge in [-0.3, -0.25) is 9.63 Å². The topological polar surface area (TPSA) is 60.7 Å². The zero-order valence-electron chi connectivity index (χ0n) is 12.7. The molecular formula is C18H17NO4. The van der Waals surface area contributed by atoms with E-state index in [1.54, 1.807) is 19.4 Å². The predicted octanol–water partition coefficient (Wildman–Crippen LogP) is 3.23. The highest BCUT2D eigenvalue weighted by Gasteiger charge is 2.11. The summed E-state index contributed by atoms with van der Waals surface area (Å²) in [4.78, 5) is 17.2. The summed E-state index contributed by atoms with van der Waals surface area (Å²) in [5.74, 6) is 0.494. The van der Waals surface area contributed by atoms with Crippen LogP contribution in [0.3, 0.4) is 0 Å². The van der Waals surface area contributed by atoms with Gasteiger partial charge in [0, 0.05) is 17.0 Å². The number of hydrogen-bond acceptors (Lipinski definition) is 4. The maximum atomic E-state index is 12.0. The summed E-state index contributed by atoms with van der Waals surface area (Å²) in [5.41, 5.74) is 4.95. The van der Waals surface area contributed by atoms with Crippen molar-refractivity contribution < 1.29 is 18.8 Å². The maximum Gasteiger partial charge on any atom is 0.248 e. The monoisotopic (exact) mass is 311 g/mol. The van der Waals surface area contributed by atoms with Crippen LogP contribution in [0.1, 0.15) is 11.1 Å². The first kappa shape index (κ1) is 15.1. The van der Waals surface area contributed by atoms with Gasteiger partial charge in [-0.15, -0.1) is 0 Å². The Kier molecular flexibility index (Phi) is 4.59. The minimum Gasteiger partial charge on any atom is -0.497 e. The molecule has 2 aromatic carbocycles. The zero-order valence-corrected chi connectivity index (χ0v) is 12.7. The van der Waals surface area contributed by atoms with Gasteiger partial charge in [0.25, 0.3) is 0 Å². The van der Waals surface area contributed by atoms with Crippen molar-refractivity contribution in [3.8, 4) is 5.75 Å². The Morgan fingerprint density at radius 2 is 2.00 bits per heavy atom. The van der Waals surface area contributed by atoms with Crippen LogP contribution in [0.4, 0.5) is 0 Å². The zero-order chi connectivity index (χ0) is 16.1. The van der Waals surface area contributed by atoms with Crippen LogP contribution in [-0.4, -0.2) is 13.0 Å². The molecule has 23 heavy (non-hydrogen) atoms. The van der Waals surface area contributed by atoms with Crippen molar-refractivity contribution in [2.75, 3.05) is 7.11 Å². The van der Waals surface area contributed by atoms with Gasteiger partial charge in [-0.2, -0.15) is 0 Å². The molecule has 1 heterocycles. The molecule has 0 saturated carbocycles. The Morgan fingerprint density at radius 3 is 2.78 bits per heavy atom. The Balaban J connectivity index is 1.57. The van der Waals surface area contributed by atoms with E-state index in [9.17, 15) is 4.79 Å². The Bertz CT molecular complexity index is 795. The van der Waals surface area contributed by atoms with Crippen molar-refractivity contribution >= 4 is 16.9 Å². The third kappa shape index (κ3) is 3.70. The first-order chi connectivity index (χ1) is 11.3. The highest BCUT2D eigenvalue weighted by molar-refractivity contribution is 5.87. The van der Waals surface area contributed by atoms with Crippen molar-refractivity contribution in [1.82, 2.24) is 5.48 Å². The van der Waals surface area contributed by atoms with Crippen LogP contribution in [-0.2, 0) is 22.7 Å². The average molecular weight is 311 g/mol. The number of hydrogen-bond donors (Lipinski definition) is 1. The molecule has 0 bridgehead atoms. The lowest BCUT2D eigenvalue weighted by atomic mass is 10.1. The second-order valence-electron chi connectivity index (χ2n) is 5.10. The van der Waals surface area contributed by atoms with E-state index in [4.69, 9.17) is 14.0 Å². The fraction of sp³-hybridized carbons (Fsp3) is 0.167. The number of ether oxygens (including phenoxy) is 1. The van der Waals surface area contributed by atoms with Crippen molar-refractivity contribution in [2.45, 2.75) is 13.0 Å². The van der Waals surface area contributed by atoms with Gasteiger partial charge in [0.15, 0.2) is 0 Å². The number of fused-ring (bicyclic) bond motifs is 1. The standard InChI is InChI=1S/C18H17NO4/c1-21-15-7-8-16-14(12-22-17(16)10-15)9-18(20)19-23-11-13-5-3-2-4-6-13/h2-8,10,12H,9,11H2,1H3,(H,19,20). The molecule has 5 nitrogen and oxygen atoms in total. The minimum absolute atomic E-state index is 0.189. The van der Waals surface area contributed by atoms with E-state index in [-0.39, 0.29) is 12.3 Å². The number of benzene rings is 2. The molecule has 3 aromatic rings. The third-order valence-electron chi connectivity index (χ3n) is 3.48. The first-order valence-corrected chi connectivity index (χ1v) is 7.25. The van der Waals surface area contributed by atoms with Crippen LogP contribution in [0.15, 0.2) is 59.2 Å². The van der Waals surface area contributed by atoms with Crippen LogP contribution in [0.25, 0.3) is 11.0 Å². The molecular weight excluding hydrogens is 294 g/mol. The molecule has 0 aliphatic carbocycles. The molecule has 0 atom stereocenters. The van der Waals surface area contributed by atoms with Crippen molar-refractivity contribution in [1.29, 1.82) is 0 Å². The molecule has 0 saturated heterocycles. The number of carbonyl (C=O) groups excluding carboxylic acids is 1. The quantitative estimate of drug-likeness (QED) is 0.710. The van der Waals surface area contributed by atoms with Crippen molar-refractivity contribution in [3.05, 3.63) is 65.9 Å². The van der Waals surface area contributed by atoms with E-state index in [1.165, 1.54) is 0 Å². The molecule has 0 unspecified atom stereocenters. The second kappa shape index (κ2) is 6.98.